The molecule has 1 aliphatic rings. The third kappa shape index (κ3) is 5.35. The fourth-order valence-electron chi connectivity index (χ4n) is 2.77. The van der Waals surface area contributed by atoms with Crippen molar-refractivity contribution in [1.82, 2.24) is 10.2 Å². The third-order valence-corrected chi connectivity index (χ3v) is 4.07. The SMILES string of the molecule is CC(C)N1CCC[C@@H](CNC(=O)/C=C/c2ccccc2)C1. The van der Waals surface area contributed by atoms with Crippen molar-refractivity contribution < 1.29 is 4.79 Å². The van der Waals surface area contributed by atoms with Crippen LogP contribution in [-0.2, 0) is 4.79 Å². The number of likely N-dealkylation sites (tertiary alicyclic amines) is 1. The van der Waals surface area contributed by atoms with Crippen LogP contribution < -0.4 is 5.32 Å². The van der Waals surface area contributed by atoms with Crippen molar-refractivity contribution in [1.29, 1.82) is 0 Å². The summed E-state index contributed by atoms with van der Waals surface area (Å²) in [6.07, 6.45) is 5.93. The zero-order valence-corrected chi connectivity index (χ0v) is 13.1. The van der Waals surface area contributed by atoms with Gasteiger partial charge in [0.25, 0.3) is 0 Å². The van der Waals surface area contributed by atoms with Crippen molar-refractivity contribution in [2.45, 2.75) is 32.7 Å². The Morgan fingerprint density at radius 2 is 2.14 bits per heavy atom. The number of carbonyl (C=O) groups excluding carboxylic acids is 1. The number of carbonyl (C=O) groups is 1. The van der Waals surface area contributed by atoms with Gasteiger partial charge >= 0.3 is 0 Å². The van der Waals surface area contributed by atoms with Gasteiger partial charge in [-0.05, 0) is 50.8 Å². The molecule has 0 radical (unpaired) electrons. The van der Waals surface area contributed by atoms with Crippen LogP contribution in [0.2, 0.25) is 0 Å². The molecule has 0 bridgehead atoms. The van der Waals surface area contributed by atoms with Crippen LogP contribution in [0.25, 0.3) is 6.08 Å². The second-order valence-electron chi connectivity index (χ2n) is 6.09. The molecule has 0 aromatic heterocycles. The molecule has 2 rings (SSSR count). The van der Waals surface area contributed by atoms with E-state index in [0.717, 1.165) is 18.7 Å². The molecule has 1 atom stereocenters. The average Bonchev–Trinajstić information content (AvgIpc) is 2.52. The first-order chi connectivity index (χ1) is 10.1. The van der Waals surface area contributed by atoms with Gasteiger partial charge in [0, 0.05) is 25.2 Å². The number of piperidine rings is 1. The van der Waals surface area contributed by atoms with E-state index in [2.05, 4.69) is 24.1 Å². The van der Waals surface area contributed by atoms with Crippen LogP contribution in [-0.4, -0.2) is 36.5 Å². The third-order valence-electron chi connectivity index (χ3n) is 4.07. The van der Waals surface area contributed by atoms with E-state index in [1.165, 1.54) is 19.4 Å². The molecule has 1 amide bonds. The van der Waals surface area contributed by atoms with E-state index in [1.807, 2.05) is 36.4 Å². The number of hydrogen-bond acceptors (Lipinski definition) is 2. The lowest BCUT2D eigenvalue weighted by Crippen LogP contribution is -2.43. The minimum atomic E-state index is 0.000485. The van der Waals surface area contributed by atoms with Crippen LogP contribution in [0.4, 0.5) is 0 Å². The maximum atomic E-state index is 11.9. The largest absolute Gasteiger partial charge is 0.352 e. The molecule has 3 heteroatoms. The van der Waals surface area contributed by atoms with Gasteiger partial charge in [-0.3, -0.25) is 4.79 Å². The van der Waals surface area contributed by atoms with E-state index < -0.39 is 0 Å². The van der Waals surface area contributed by atoms with Crippen molar-refractivity contribution in [3.63, 3.8) is 0 Å². The lowest BCUT2D eigenvalue weighted by Gasteiger charge is -2.35. The Morgan fingerprint density at radius 3 is 2.86 bits per heavy atom. The zero-order valence-electron chi connectivity index (χ0n) is 13.1. The van der Waals surface area contributed by atoms with Crippen molar-refractivity contribution >= 4 is 12.0 Å². The molecule has 1 N–H and O–H groups in total. The minimum Gasteiger partial charge on any atom is -0.352 e. The van der Waals surface area contributed by atoms with Crippen LogP contribution in [0.15, 0.2) is 36.4 Å². The van der Waals surface area contributed by atoms with Crippen molar-refractivity contribution in [2.24, 2.45) is 5.92 Å². The first-order valence-electron chi connectivity index (χ1n) is 7.90. The monoisotopic (exact) mass is 286 g/mol. The Hall–Kier alpha value is -1.61. The topological polar surface area (TPSA) is 32.3 Å². The molecule has 1 aromatic carbocycles. The molecule has 114 valence electrons. The van der Waals surface area contributed by atoms with Crippen LogP contribution in [0, 0.1) is 5.92 Å². The standard InChI is InChI=1S/C18H26N2O/c1-15(2)20-12-6-9-17(14-20)13-19-18(21)11-10-16-7-4-3-5-8-16/h3-5,7-8,10-11,15,17H,6,9,12-14H2,1-2H3,(H,19,21)/b11-10+/t17-/m0/s1. The number of rotatable bonds is 5. The first-order valence-corrected chi connectivity index (χ1v) is 7.90. The number of amides is 1. The first kappa shape index (κ1) is 15.8. The van der Waals surface area contributed by atoms with Gasteiger partial charge in [0.2, 0.25) is 5.91 Å². The Labute approximate surface area is 128 Å². The van der Waals surface area contributed by atoms with Gasteiger partial charge in [0.15, 0.2) is 0 Å². The van der Waals surface area contributed by atoms with Crippen molar-refractivity contribution in [2.75, 3.05) is 19.6 Å². The van der Waals surface area contributed by atoms with Gasteiger partial charge < -0.3 is 10.2 Å². The van der Waals surface area contributed by atoms with Gasteiger partial charge in [-0.2, -0.15) is 0 Å². The van der Waals surface area contributed by atoms with Crippen LogP contribution in [0.1, 0.15) is 32.3 Å². The average molecular weight is 286 g/mol. The second-order valence-corrected chi connectivity index (χ2v) is 6.09. The summed E-state index contributed by atoms with van der Waals surface area (Å²) in [7, 11) is 0. The summed E-state index contributed by atoms with van der Waals surface area (Å²) in [5.74, 6) is 0.579. The molecule has 1 fully saturated rings. The predicted molar refractivity (Wildman–Crippen MR) is 87.9 cm³/mol. The normalized spacial score (nSPS) is 20.0. The molecule has 3 nitrogen and oxygen atoms in total. The molecule has 1 aliphatic heterocycles. The molecule has 1 heterocycles. The summed E-state index contributed by atoms with van der Waals surface area (Å²) < 4.78 is 0. The van der Waals surface area contributed by atoms with Gasteiger partial charge in [-0.1, -0.05) is 30.3 Å². The molecule has 1 aromatic rings. The molecule has 0 unspecified atom stereocenters. The fourth-order valence-corrected chi connectivity index (χ4v) is 2.77. The maximum absolute atomic E-state index is 11.9. The lowest BCUT2D eigenvalue weighted by molar-refractivity contribution is -0.116. The van der Waals surface area contributed by atoms with Gasteiger partial charge in [-0.25, -0.2) is 0 Å². The highest BCUT2D eigenvalue weighted by Gasteiger charge is 2.21. The summed E-state index contributed by atoms with van der Waals surface area (Å²) in [4.78, 5) is 14.4. The highest BCUT2D eigenvalue weighted by molar-refractivity contribution is 5.91. The Kier molecular flexibility index (Phi) is 6.00. The Morgan fingerprint density at radius 1 is 1.38 bits per heavy atom. The molecular formula is C18H26N2O. The highest BCUT2D eigenvalue weighted by atomic mass is 16.1. The summed E-state index contributed by atoms with van der Waals surface area (Å²) >= 11 is 0. The Balaban J connectivity index is 1.75. The van der Waals surface area contributed by atoms with E-state index in [9.17, 15) is 4.79 Å². The number of hydrogen-bond donors (Lipinski definition) is 1. The predicted octanol–water partition coefficient (Wildman–Crippen LogP) is 2.94. The fraction of sp³-hybridized carbons (Fsp3) is 0.500. The number of nitrogens with one attached hydrogen (secondary N) is 1. The molecule has 0 aliphatic carbocycles. The quantitative estimate of drug-likeness (QED) is 0.844. The van der Waals surface area contributed by atoms with E-state index in [-0.39, 0.29) is 5.91 Å². The summed E-state index contributed by atoms with van der Waals surface area (Å²) in [5, 5.41) is 3.03. The minimum absolute atomic E-state index is 0.000485. The summed E-state index contributed by atoms with van der Waals surface area (Å²) in [6.45, 7) is 7.55. The van der Waals surface area contributed by atoms with Gasteiger partial charge in [0.1, 0.15) is 0 Å². The molecular weight excluding hydrogens is 260 g/mol. The van der Waals surface area contributed by atoms with E-state index in [0.29, 0.717) is 12.0 Å². The van der Waals surface area contributed by atoms with E-state index in [1.54, 1.807) is 6.08 Å². The zero-order chi connectivity index (χ0) is 15.1. The van der Waals surface area contributed by atoms with E-state index >= 15 is 0 Å². The van der Waals surface area contributed by atoms with Gasteiger partial charge in [0.05, 0.1) is 0 Å². The van der Waals surface area contributed by atoms with Crippen LogP contribution in [0.5, 0.6) is 0 Å². The van der Waals surface area contributed by atoms with Crippen molar-refractivity contribution in [3.8, 4) is 0 Å². The van der Waals surface area contributed by atoms with Crippen LogP contribution >= 0.6 is 0 Å². The number of nitrogens with zero attached hydrogens (tertiary/aromatic N) is 1. The smallest absolute Gasteiger partial charge is 0.244 e. The summed E-state index contributed by atoms with van der Waals surface area (Å²) in [5.41, 5.74) is 1.05. The molecule has 0 spiro atoms. The highest BCUT2D eigenvalue weighted by Crippen LogP contribution is 2.17. The summed E-state index contributed by atoms with van der Waals surface area (Å²) in [6, 6.07) is 10.5. The van der Waals surface area contributed by atoms with E-state index in [4.69, 9.17) is 0 Å². The number of benzene rings is 1. The van der Waals surface area contributed by atoms with Crippen LogP contribution in [0.3, 0.4) is 0 Å². The lowest BCUT2D eigenvalue weighted by atomic mass is 9.97. The van der Waals surface area contributed by atoms with Gasteiger partial charge in [-0.15, -0.1) is 0 Å². The Bertz CT molecular complexity index is 467. The molecule has 1 saturated heterocycles. The molecule has 21 heavy (non-hydrogen) atoms. The van der Waals surface area contributed by atoms with Crippen molar-refractivity contribution in [3.05, 3.63) is 42.0 Å². The maximum Gasteiger partial charge on any atom is 0.244 e. The second kappa shape index (κ2) is 7.99. The molecule has 0 saturated carbocycles.